The fraction of sp³-hybridized carbons (Fsp3) is 0.400. The molecule has 76 valence electrons. The zero-order valence-corrected chi connectivity index (χ0v) is 9.14. The van der Waals surface area contributed by atoms with Gasteiger partial charge in [-0.05, 0) is 32.9 Å². The van der Waals surface area contributed by atoms with E-state index in [0.717, 1.165) is 0 Å². The van der Waals surface area contributed by atoms with Gasteiger partial charge in [0.05, 0.1) is 1.37 Å². The van der Waals surface area contributed by atoms with Crippen molar-refractivity contribution in [1.82, 2.24) is 10.3 Å². The molecule has 0 fully saturated rings. The van der Waals surface area contributed by atoms with Gasteiger partial charge in [-0.1, -0.05) is 11.6 Å². The van der Waals surface area contributed by atoms with Gasteiger partial charge in [-0.15, -0.1) is 0 Å². The van der Waals surface area contributed by atoms with Crippen LogP contribution >= 0.6 is 11.6 Å². The van der Waals surface area contributed by atoms with Crippen LogP contribution in [0.4, 0.5) is 0 Å². The third-order valence-electron chi connectivity index (χ3n) is 1.37. The van der Waals surface area contributed by atoms with Crippen molar-refractivity contribution in [2.75, 3.05) is 0 Å². The number of hydrogen-bond donors (Lipinski definition) is 1. The van der Waals surface area contributed by atoms with Crippen molar-refractivity contribution in [2.24, 2.45) is 0 Å². The quantitative estimate of drug-likeness (QED) is 0.778. The third-order valence-corrected chi connectivity index (χ3v) is 1.59. The Morgan fingerprint density at radius 1 is 1.64 bits per heavy atom. The smallest absolute Gasteiger partial charge is 0.270 e. The van der Waals surface area contributed by atoms with Gasteiger partial charge < -0.3 is 5.32 Å². The molecule has 0 bridgehead atoms. The maximum atomic E-state index is 11.7. The van der Waals surface area contributed by atoms with Gasteiger partial charge in [0.15, 0.2) is 0 Å². The second-order valence-electron chi connectivity index (χ2n) is 3.97. The van der Waals surface area contributed by atoms with E-state index in [2.05, 4.69) is 10.3 Å². The van der Waals surface area contributed by atoms with E-state index in [4.69, 9.17) is 13.0 Å². The number of amides is 1. The van der Waals surface area contributed by atoms with Gasteiger partial charge >= 0.3 is 0 Å². The molecular weight excluding hydrogens is 200 g/mol. The molecule has 0 spiro atoms. The minimum atomic E-state index is -0.380. The van der Waals surface area contributed by atoms with Crippen LogP contribution in [0.2, 0.25) is 5.02 Å². The molecule has 1 rings (SSSR count). The summed E-state index contributed by atoms with van der Waals surface area (Å²) in [5.74, 6) is -0.380. The molecule has 0 aliphatic rings. The Morgan fingerprint density at radius 2 is 2.29 bits per heavy atom. The molecule has 1 amide bonds. The summed E-state index contributed by atoms with van der Waals surface area (Å²) in [7, 11) is 0. The first kappa shape index (κ1) is 9.46. The number of carbonyl (C=O) groups excluding carboxylic acids is 1. The highest BCUT2D eigenvalue weighted by molar-refractivity contribution is 6.30. The minimum Gasteiger partial charge on any atom is -0.346 e. The van der Waals surface area contributed by atoms with E-state index >= 15 is 0 Å². The highest BCUT2D eigenvalue weighted by atomic mass is 35.5. The van der Waals surface area contributed by atoms with Crippen LogP contribution in [0.25, 0.3) is 0 Å². The summed E-state index contributed by atoms with van der Waals surface area (Å²) in [5.41, 5.74) is -0.300. The van der Waals surface area contributed by atoms with E-state index in [-0.39, 0.29) is 28.2 Å². The summed E-state index contributed by atoms with van der Waals surface area (Å²) in [4.78, 5) is 15.5. The van der Waals surface area contributed by atoms with E-state index in [1.54, 1.807) is 0 Å². The van der Waals surface area contributed by atoms with Crippen LogP contribution in [0.5, 0.6) is 0 Å². The predicted molar refractivity (Wildman–Crippen MR) is 56.5 cm³/mol. The van der Waals surface area contributed by atoms with Gasteiger partial charge in [-0.3, -0.25) is 9.78 Å². The summed E-state index contributed by atoms with van der Waals surface area (Å²) in [5, 5.41) is 2.95. The van der Waals surface area contributed by atoms with Crippen molar-refractivity contribution in [3.05, 3.63) is 29.0 Å². The minimum absolute atomic E-state index is 0.0408. The molecular formula is C10H13ClN2O. The first-order chi connectivity index (χ1) is 6.81. The standard InChI is InChI=1S/C10H13ClN2O/c1-10(2,3)13-9(14)8-6-7(11)4-5-12-8/h4-6H,1-3H3,(H,13,14)/i6D. The Hall–Kier alpha value is -1.09. The zero-order chi connectivity index (χ0) is 11.6. The van der Waals surface area contributed by atoms with Crippen molar-refractivity contribution < 1.29 is 6.17 Å². The number of halogens is 1. The molecule has 0 saturated heterocycles. The lowest BCUT2D eigenvalue weighted by Crippen LogP contribution is -2.40. The number of carbonyl (C=O) groups is 1. The van der Waals surface area contributed by atoms with E-state index in [1.165, 1.54) is 12.3 Å². The second-order valence-corrected chi connectivity index (χ2v) is 4.38. The van der Waals surface area contributed by atoms with E-state index in [9.17, 15) is 4.79 Å². The van der Waals surface area contributed by atoms with Crippen molar-refractivity contribution in [3.8, 4) is 0 Å². The molecule has 0 saturated carbocycles. The summed E-state index contributed by atoms with van der Waals surface area (Å²) in [6.07, 6.45) is 1.41. The molecule has 14 heavy (non-hydrogen) atoms. The van der Waals surface area contributed by atoms with Crippen LogP contribution < -0.4 is 5.32 Å². The Balaban J connectivity index is 2.97. The summed E-state index contributed by atoms with van der Waals surface area (Å²) in [6.45, 7) is 5.58. The average molecular weight is 214 g/mol. The maximum absolute atomic E-state index is 11.7. The predicted octanol–water partition coefficient (Wildman–Crippen LogP) is 2.26. The van der Waals surface area contributed by atoms with Gasteiger partial charge in [0, 0.05) is 16.8 Å². The van der Waals surface area contributed by atoms with Crippen molar-refractivity contribution in [3.63, 3.8) is 0 Å². The lowest BCUT2D eigenvalue weighted by molar-refractivity contribution is 0.0914. The number of nitrogens with one attached hydrogen (secondary N) is 1. The third kappa shape index (κ3) is 3.34. The lowest BCUT2D eigenvalue weighted by atomic mass is 10.1. The van der Waals surface area contributed by atoms with Gasteiger partial charge in [-0.25, -0.2) is 0 Å². The first-order valence-corrected chi connectivity index (χ1v) is 4.62. The van der Waals surface area contributed by atoms with E-state index in [1.807, 2.05) is 20.8 Å². The second kappa shape index (κ2) is 3.96. The average Bonchev–Trinajstić information content (AvgIpc) is 2.06. The van der Waals surface area contributed by atoms with Crippen LogP contribution in [0.1, 0.15) is 32.6 Å². The zero-order valence-electron chi connectivity index (χ0n) is 9.39. The fourth-order valence-electron chi connectivity index (χ4n) is 0.879. The van der Waals surface area contributed by atoms with Crippen LogP contribution in [-0.2, 0) is 0 Å². The summed E-state index contributed by atoms with van der Waals surface area (Å²) < 4.78 is 7.58. The molecule has 1 aromatic heterocycles. The fourth-order valence-corrected chi connectivity index (χ4v) is 1.03. The van der Waals surface area contributed by atoms with Crippen molar-refractivity contribution in [1.29, 1.82) is 0 Å². The molecule has 0 aromatic carbocycles. The van der Waals surface area contributed by atoms with Crippen LogP contribution in [0, 0.1) is 0 Å². The molecule has 0 unspecified atom stereocenters. The van der Waals surface area contributed by atoms with Gasteiger partial charge in [0.1, 0.15) is 5.69 Å². The Kier molecular flexibility index (Phi) is 2.68. The highest BCUT2D eigenvalue weighted by Crippen LogP contribution is 2.09. The molecule has 0 aliphatic carbocycles. The van der Waals surface area contributed by atoms with Crippen LogP contribution in [0.3, 0.4) is 0 Å². The van der Waals surface area contributed by atoms with Gasteiger partial charge in [-0.2, -0.15) is 0 Å². The normalized spacial score (nSPS) is 12.1. The SMILES string of the molecule is [2H]c1c(Cl)ccnc1C(=O)NC(C)(C)C. The van der Waals surface area contributed by atoms with Gasteiger partial charge in [0.25, 0.3) is 5.91 Å². The number of nitrogens with zero attached hydrogens (tertiary/aromatic N) is 1. The van der Waals surface area contributed by atoms with E-state index in [0.29, 0.717) is 0 Å². The summed E-state index contributed by atoms with van der Waals surface area (Å²) in [6, 6.07) is 1.44. The molecule has 0 radical (unpaired) electrons. The molecule has 1 heterocycles. The van der Waals surface area contributed by atoms with Gasteiger partial charge in [0.2, 0.25) is 0 Å². The number of hydrogen-bond acceptors (Lipinski definition) is 2. The molecule has 0 atom stereocenters. The molecule has 1 aromatic rings. The topological polar surface area (TPSA) is 42.0 Å². The first-order valence-electron chi connectivity index (χ1n) is 4.75. The van der Waals surface area contributed by atoms with Crippen LogP contribution in [-0.4, -0.2) is 16.4 Å². The van der Waals surface area contributed by atoms with E-state index < -0.39 is 0 Å². The Labute approximate surface area is 89.9 Å². The molecule has 3 nitrogen and oxygen atoms in total. The van der Waals surface area contributed by atoms with Crippen molar-refractivity contribution in [2.45, 2.75) is 26.3 Å². The highest BCUT2D eigenvalue weighted by Gasteiger charge is 2.15. The monoisotopic (exact) mass is 213 g/mol. The molecule has 0 aliphatic heterocycles. The molecule has 1 N–H and O–H groups in total. The maximum Gasteiger partial charge on any atom is 0.270 e. The Morgan fingerprint density at radius 3 is 2.86 bits per heavy atom. The van der Waals surface area contributed by atoms with Crippen LogP contribution in [0.15, 0.2) is 18.3 Å². The lowest BCUT2D eigenvalue weighted by Gasteiger charge is -2.19. The Bertz CT molecular complexity index is 387. The number of aromatic nitrogens is 1. The molecule has 4 heteroatoms. The number of rotatable bonds is 1. The van der Waals surface area contributed by atoms with Crippen molar-refractivity contribution >= 4 is 17.5 Å². The summed E-state index contributed by atoms with van der Waals surface area (Å²) >= 11 is 5.72. The number of pyridine rings is 1. The largest absolute Gasteiger partial charge is 0.346 e.